The molecule has 0 bridgehead atoms. The normalized spacial score (nSPS) is 10.4. The van der Waals surface area contributed by atoms with Crippen molar-refractivity contribution in [1.82, 2.24) is 4.98 Å². The molecule has 2 amide bonds. The summed E-state index contributed by atoms with van der Waals surface area (Å²) in [6.07, 6.45) is 0. The molecule has 0 spiro atoms. The molecule has 4 aromatic rings. The number of amides is 2. The van der Waals surface area contributed by atoms with Crippen molar-refractivity contribution in [2.75, 3.05) is 30.6 Å². The molecule has 11 heteroatoms. The number of anilines is 2. The van der Waals surface area contributed by atoms with Crippen LogP contribution in [-0.4, -0.2) is 36.8 Å². The minimum Gasteiger partial charge on any atom is -0.495 e. The lowest BCUT2D eigenvalue weighted by Gasteiger charge is -2.17. The highest BCUT2D eigenvalue weighted by Gasteiger charge is 2.25. The van der Waals surface area contributed by atoms with Crippen LogP contribution in [-0.2, 0) is 4.79 Å². The summed E-state index contributed by atoms with van der Waals surface area (Å²) in [7, 11) is 2.93. The van der Waals surface area contributed by atoms with E-state index in [-0.39, 0.29) is 22.8 Å². The number of pyridine rings is 1. The molecule has 0 saturated heterocycles. The van der Waals surface area contributed by atoms with Crippen LogP contribution >= 0.6 is 35.0 Å². The number of halogens is 2. The van der Waals surface area contributed by atoms with Gasteiger partial charge in [0.15, 0.2) is 0 Å². The Balaban J connectivity index is 1.69. The number of nitriles is 1. The molecule has 0 aliphatic carbocycles. The molecular formula is C30H24Cl2N4O4S. The number of methoxy groups -OCH3 is 2. The fraction of sp³-hybridized carbons (Fsp3) is 0.133. The van der Waals surface area contributed by atoms with E-state index in [1.807, 2.05) is 18.2 Å². The molecule has 208 valence electrons. The van der Waals surface area contributed by atoms with E-state index >= 15 is 0 Å². The first-order valence-corrected chi connectivity index (χ1v) is 13.9. The van der Waals surface area contributed by atoms with Gasteiger partial charge < -0.3 is 20.1 Å². The lowest BCUT2D eigenvalue weighted by atomic mass is 9.94. The van der Waals surface area contributed by atoms with Gasteiger partial charge in [-0.3, -0.25) is 9.59 Å². The molecule has 0 fully saturated rings. The Morgan fingerprint density at radius 1 is 0.976 bits per heavy atom. The fourth-order valence-electron chi connectivity index (χ4n) is 4.06. The Labute approximate surface area is 251 Å². The summed E-state index contributed by atoms with van der Waals surface area (Å²) in [5.74, 6) is -0.137. The zero-order valence-corrected chi connectivity index (χ0v) is 24.6. The zero-order valence-electron chi connectivity index (χ0n) is 22.2. The van der Waals surface area contributed by atoms with E-state index < -0.39 is 5.91 Å². The number of aryl methyl sites for hydroxylation is 1. The Hall–Kier alpha value is -4.23. The predicted octanol–water partition coefficient (Wildman–Crippen LogP) is 7.24. The van der Waals surface area contributed by atoms with Crippen molar-refractivity contribution < 1.29 is 19.1 Å². The molecule has 0 aliphatic heterocycles. The molecule has 8 nitrogen and oxygen atoms in total. The number of ether oxygens (including phenoxy) is 2. The minimum absolute atomic E-state index is 0.0785. The summed E-state index contributed by atoms with van der Waals surface area (Å²) in [6.45, 7) is 1.69. The summed E-state index contributed by atoms with van der Waals surface area (Å²) in [5.41, 5.74) is 2.80. The third kappa shape index (κ3) is 6.92. The van der Waals surface area contributed by atoms with E-state index in [1.54, 1.807) is 55.5 Å². The van der Waals surface area contributed by atoms with Crippen molar-refractivity contribution in [3.63, 3.8) is 0 Å². The van der Waals surface area contributed by atoms with Crippen LogP contribution in [0.5, 0.6) is 11.5 Å². The second-order valence-corrected chi connectivity index (χ2v) is 10.4. The van der Waals surface area contributed by atoms with E-state index in [1.165, 1.54) is 14.2 Å². The average Bonchev–Trinajstić information content (AvgIpc) is 2.97. The lowest BCUT2D eigenvalue weighted by Crippen LogP contribution is -2.18. The number of thioether (sulfide) groups is 1. The molecule has 0 saturated carbocycles. The number of carbonyl (C=O) groups is 2. The summed E-state index contributed by atoms with van der Waals surface area (Å²) in [6, 6.07) is 21.1. The molecule has 0 radical (unpaired) electrons. The second-order valence-electron chi connectivity index (χ2n) is 8.59. The van der Waals surface area contributed by atoms with Gasteiger partial charge in [-0.15, -0.1) is 0 Å². The van der Waals surface area contributed by atoms with Gasteiger partial charge in [-0.05, 0) is 36.8 Å². The third-order valence-corrected chi connectivity index (χ3v) is 7.46. The second kappa shape index (κ2) is 13.4. The Bertz CT molecular complexity index is 1640. The van der Waals surface area contributed by atoms with Crippen molar-refractivity contribution >= 4 is 58.2 Å². The number of para-hydroxylation sites is 1. The Kier molecular flexibility index (Phi) is 9.73. The van der Waals surface area contributed by atoms with Crippen LogP contribution in [0, 0.1) is 18.3 Å². The topological polar surface area (TPSA) is 113 Å². The van der Waals surface area contributed by atoms with Gasteiger partial charge in [-0.2, -0.15) is 5.26 Å². The van der Waals surface area contributed by atoms with Crippen LogP contribution in [0.3, 0.4) is 0 Å². The van der Waals surface area contributed by atoms with Gasteiger partial charge in [0.05, 0.1) is 47.5 Å². The standard InChI is InChI=1S/C30H24Cl2N4O4S/c1-17-27(29(38)35-20-7-5-4-6-8-20)28(18-9-11-19(31)12-10-18)21(15-33)30(34-17)41-16-26(37)36-23-14-24(39-2)22(32)13-25(23)40-3/h4-14H,16H2,1-3H3,(H,35,38)(H,36,37). The number of rotatable bonds is 9. The number of hydrogen-bond acceptors (Lipinski definition) is 7. The van der Waals surface area contributed by atoms with Gasteiger partial charge in [0, 0.05) is 28.4 Å². The summed E-state index contributed by atoms with van der Waals surface area (Å²) in [4.78, 5) is 31.0. The van der Waals surface area contributed by atoms with Gasteiger partial charge in [-0.1, -0.05) is 65.3 Å². The number of nitrogens with one attached hydrogen (secondary N) is 2. The number of carbonyl (C=O) groups excluding carboxylic acids is 2. The first-order valence-electron chi connectivity index (χ1n) is 12.2. The fourth-order valence-corrected chi connectivity index (χ4v) is 5.25. The third-order valence-electron chi connectivity index (χ3n) is 5.94. The maximum Gasteiger partial charge on any atom is 0.258 e. The molecule has 2 N–H and O–H groups in total. The minimum atomic E-state index is -0.416. The van der Waals surface area contributed by atoms with Crippen molar-refractivity contribution in [2.45, 2.75) is 11.9 Å². The molecular weight excluding hydrogens is 583 g/mol. The van der Waals surface area contributed by atoms with Gasteiger partial charge in [-0.25, -0.2) is 4.98 Å². The molecule has 0 unspecified atom stereocenters. The van der Waals surface area contributed by atoms with Gasteiger partial charge in [0.1, 0.15) is 22.6 Å². The summed E-state index contributed by atoms with van der Waals surface area (Å²) >= 11 is 13.4. The molecule has 1 aromatic heterocycles. The first kappa shape index (κ1) is 29.7. The number of aromatic nitrogens is 1. The molecule has 3 aromatic carbocycles. The Morgan fingerprint density at radius 3 is 2.29 bits per heavy atom. The predicted molar refractivity (Wildman–Crippen MR) is 162 cm³/mol. The number of hydrogen-bond donors (Lipinski definition) is 2. The van der Waals surface area contributed by atoms with Gasteiger partial charge >= 0.3 is 0 Å². The first-order chi connectivity index (χ1) is 19.7. The maximum atomic E-state index is 13.5. The van der Waals surface area contributed by atoms with E-state index in [2.05, 4.69) is 21.7 Å². The SMILES string of the molecule is COc1cc(NC(=O)CSc2nc(C)c(C(=O)Nc3ccccc3)c(-c3ccc(Cl)cc3)c2C#N)c(OC)cc1Cl. The van der Waals surface area contributed by atoms with E-state index in [4.69, 9.17) is 32.7 Å². The zero-order chi connectivity index (χ0) is 29.5. The molecule has 4 rings (SSSR count). The van der Waals surface area contributed by atoms with E-state index in [9.17, 15) is 14.9 Å². The van der Waals surface area contributed by atoms with Crippen molar-refractivity contribution in [1.29, 1.82) is 5.26 Å². The monoisotopic (exact) mass is 606 g/mol. The van der Waals surface area contributed by atoms with Gasteiger partial charge in [0.2, 0.25) is 5.91 Å². The summed E-state index contributed by atoms with van der Waals surface area (Å²) in [5, 5.41) is 17.1. The number of nitrogens with zero attached hydrogens (tertiary/aromatic N) is 2. The maximum absolute atomic E-state index is 13.5. The Morgan fingerprint density at radius 2 is 1.66 bits per heavy atom. The van der Waals surface area contributed by atoms with Crippen molar-refractivity contribution in [3.05, 3.63) is 93.6 Å². The van der Waals surface area contributed by atoms with Crippen LogP contribution in [0.15, 0.2) is 71.8 Å². The lowest BCUT2D eigenvalue weighted by molar-refractivity contribution is -0.113. The largest absolute Gasteiger partial charge is 0.495 e. The average molecular weight is 608 g/mol. The van der Waals surface area contributed by atoms with Crippen LogP contribution < -0.4 is 20.1 Å². The highest BCUT2D eigenvalue weighted by atomic mass is 35.5. The molecule has 41 heavy (non-hydrogen) atoms. The van der Waals surface area contributed by atoms with Crippen LogP contribution in [0.1, 0.15) is 21.6 Å². The quantitative estimate of drug-likeness (QED) is 0.193. The molecule has 0 atom stereocenters. The van der Waals surface area contributed by atoms with E-state index in [0.29, 0.717) is 54.8 Å². The van der Waals surface area contributed by atoms with Crippen molar-refractivity contribution in [3.8, 4) is 28.7 Å². The smallest absolute Gasteiger partial charge is 0.258 e. The number of benzene rings is 3. The molecule has 0 aliphatic rings. The highest BCUT2D eigenvalue weighted by Crippen LogP contribution is 2.38. The highest BCUT2D eigenvalue weighted by molar-refractivity contribution is 8.00. The van der Waals surface area contributed by atoms with E-state index in [0.717, 1.165) is 11.8 Å². The van der Waals surface area contributed by atoms with Crippen molar-refractivity contribution in [2.24, 2.45) is 0 Å². The molecule has 1 heterocycles. The van der Waals surface area contributed by atoms with Crippen LogP contribution in [0.4, 0.5) is 11.4 Å². The van der Waals surface area contributed by atoms with Gasteiger partial charge in [0.25, 0.3) is 5.91 Å². The van der Waals surface area contributed by atoms with Crippen LogP contribution in [0.25, 0.3) is 11.1 Å². The summed E-state index contributed by atoms with van der Waals surface area (Å²) < 4.78 is 10.6. The van der Waals surface area contributed by atoms with Crippen LogP contribution in [0.2, 0.25) is 10.0 Å².